The Morgan fingerprint density at radius 3 is 2.44 bits per heavy atom. The summed E-state index contributed by atoms with van der Waals surface area (Å²) in [6.45, 7) is 6.54. The highest BCUT2D eigenvalue weighted by Gasteiger charge is 2.16. The lowest BCUT2D eigenvalue weighted by molar-refractivity contribution is 0.298. The Kier molecular flexibility index (Phi) is 10.4. The van der Waals surface area contributed by atoms with Gasteiger partial charge in [0.2, 0.25) is 0 Å². The molecule has 1 unspecified atom stereocenters. The number of benzene rings is 1. The van der Waals surface area contributed by atoms with Crippen LogP contribution in [0.25, 0.3) is 0 Å². The van der Waals surface area contributed by atoms with Crippen molar-refractivity contribution in [3.8, 4) is 0 Å². The zero-order valence-electron chi connectivity index (χ0n) is 17.1. The summed E-state index contributed by atoms with van der Waals surface area (Å²) in [4.78, 5) is 6.97. The van der Waals surface area contributed by atoms with Crippen molar-refractivity contribution in [2.45, 2.75) is 32.9 Å². The number of aromatic nitrogens is 2. The maximum Gasteiger partial charge on any atom is 0.191 e. The van der Waals surface area contributed by atoms with Crippen LogP contribution in [-0.2, 0) is 20.0 Å². The maximum atomic E-state index is 4.78. The third-order valence-corrected chi connectivity index (χ3v) is 4.45. The van der Waals surface area contributed by atoms with Gasteiger partial charge in [0, 0.05) is 31.9 Å². The molecule has 0 spiro atoms. The van der Waals surface area contributed by atoms with Crippen LogP contribution in [0.2, 0.25) is 0 Å². The van der Waals surface area contributed by atoms with Gasteiger partial charge in [-0.05, 0) is 38.6 Å². The van der Waals surface area contributed by atoms with Crippen molar-refractivity contribution < 1.29 is 0 Å². The summed E-state index contributed by atoms with van der Waals surface area (Å²) in [7, 11) is 6.11. The lowest BCUT2D eigenvalue weighted by Gasteiger charge is -2.24. The average Bonchev–Trinajstić information content (AvgIpc) is 3.05. The number of halogens is 1. The summed E-state index contributed by atoms with van der Waals surface area (Å²) in [5, 5.41) is 11.1. The van der Waals surface area contributed by atoms with Crippen LogP contribution in [0.5, 0.6) is 0 Å². The number of nitrogens with one attached hydrogen (secondary N) is 2. The van der Waals surface area contributed by atoms with Gasteiger partial charge in [0.05, 0.1) is 18.8 Å². The molecular formula is C20H33IN6. The number of hydrogen-bond acceptors (Lipinski definition) is 3. The SMILES string of the molecule is CCNC(=NCc1ccccc1CC)NCC(c1cnn(C)c1)N(C)C.I. The quantitative estimate of drug-likeness (QED) is 0.344. The van der Waals surface area contributed by atoms with Crippen LogP contribution in [0.1, 0.15) is 36.6 Å². The first-order valence-corrected chi connectivity index (χ1v) is 9.29. The average molecular weight is 484 g/mol. The fraction of sp³-hybridized carbons (Fsp3) is 0.500. The van der Waals surface area contributed by atoms with E-state index in [2.05, 4.69) is 79.0 Å². The fourth-order valence-corrected chi connectivity index (χ4v) is 2.97. The van der Waals surface area contributed by atoms with Crippen molar-refractivity contribution in [3.05, 3.63) is 53.3 Å². The molecule has 6 nitrogen and oxygen atoms in total. The summed E-state index contributed by atoms with van der Waals surface area (Å²) in [5.74, 6) is 0.842. The first kappa shape index (κ1) is 23.4. The van der Waals surface area contributed by atoms with E-state index in [1.807, 2.05) is 17.9 Å². The summed E-state index contributed by atoms with van der Waals surface area (Å²) in [5.41, 5.74) is 3.83. The van der Waals surface area contributed by atoms with Gasteiger partial charge < -0.3 is 15.5 Å². The Hall–Kier alpha value is -1.61. The van der Waals surface area contributed by atoms with Crippen LogP contribution in [0.15, 0.2) is 41.7 Å². The van der Waals surface area contributed by atoms with Gasteiger partial charge in [0.15, 0.2) is 5.96 Å². The number of rotatable bonds is 8. The smallest absolute Gasteiger partial charge is 0.191 e. The van der Waals surface area contributed by atoms with Gasteiger partial charge >= 0.3 is 0 Å². The second kappa shape index (κ2) is 12.0. The number of aliphatic imine (C=N–C) groups is 1. The molecule has 2 rings (SSSR count). The topological polar surface area (TPSA) is 57.5 Å². The van der Waals surface area contributed by atoms with Gasteiger partial charge in [0.1, 0.15) is 0 Å². The highest BCUT2D eigenvalue weighted by Crippen LogP contribution is 2.16. The van der Waals surface area contributed by atoms with Gasteiger partial charge in [-0.25, -0.2) is 4.99 Å². The molecule has 0 saturated heterocycles. The monoisotopic (exact) mass is 484 g/mol. The molecule has 0 fully saturated rings. The molecule has 0 aliphatic rings. The van der Waals surface area contributed by atoms with Crippen molar-refractivity contribution in [1.29, 1.82) is 0 Å². The zero-order valence-corrected chi connectivity index (χ0v) is 19.4. The molecule has 1 aromatic heterocycles. The van der Waals surface area contributed by atoms with E-state index in [0.717, 1.165) is 25.5 Å². The molecule has 0 aliphatic carbocycles. The lowest BCUT2D eigenvalue weighted by Crippen LogP contribution is -2.41. The van der Waals surface area contributed by atoms with Gasteiger partial charge in [0.25, 0.3) is 0 Å². The minimum atomic E-state index is 0. The van der Waals surface area contributed by atoms with Gasteiger partial charge in [-0.15, -0.1) is 24.0 Å². The zero-order chi connectivity index (χ0) is 18.9. The van der Waals surface area contributed by atoms with Crippen LogP contribution in [-0.4, -0.2) is 47.8 Å². The number of aryl methyl sites for hydroxylation is 2. The number of nitrogens with zero attached hydrogens (tertiary/aromatic N) is 4. The molecule has 2 aromatic rings. The number of hydrogen-bond donors (Lipinski definition) is 2. The number of likely N-dealkylation sites (N-methyl/N-ethyl adjacent to an activating group) is 1. The van der Waals surface area contributed by atoms with Crippen LogP contribution >= 0.6 is 24.0 Å². The Morgan fingerprint density at radius 1 is 1.19 bits per heavy atom. The van der Waals surface area contributed by atoms with Crippen molar-refractivity contribution in [3.63, 3.8) is 0 Å². The largest absolute Gasteiger partial charge is 0.357 e. The predicted molar refractivity (Wildman–Crippen MR) is 124 cm³/mol. The minimum absolute atomic E-state index is 0. The molecule has 27 heavy (non-hydrogen) atoms. The van der Waals surface area contributed by atoms with Crippen molar-refractivity contribution in [2.24, 2.45) is 12.0 Å². The molecule has 1 aromatic carbocycles. The van der Waals surface area contributed by atoms with E-state index in [0.29, 0.717) is 6.54 Å². The maximum absolute atomic E-state index is 4.78. The molecule has 1 heterocycles. The van der Waals surface area contributed by atoms with E-state index < -0.39 is 0 Å². The van der Waals surface area contributed by atoms with E-state index in [4.69, 9.17) is 4.99 Å². The van der Waals surface area contributed by atoms with E-state index in [-0.39, 0.29) is 30.0 Å². The Morgan fingerprint density at radius 2 is 1.89 bits per heavy atom. The summed E-state index contributed by atoms with van der Waals surface area (Å²) in [6, 6.07) is 8.73. The second-order valence-electron chi connectivity index (χ2n) is 6.63. The standard InChI is InChI=1S/C20H32N6.HI/c1-6-16-10-8-9-11-17(16)12-22-20(21-7-2)23-14-19(25(3)4)18-13-24-26(5)15-18;/h8-11,13,15,19H,6-7,12,14H2,1-5H3,(H2,21,22,23);1H. The van der Waals surface area contributed by atoms with Crippen LogP contribution in [0.3, 0.4) is 0 Å². The number of guanidine groups is 1. The second-order valence-corrected chi connectivity index (χ2v) is 6.63. The first-order chi connectivity index (χ1) is 12.5. The predicted octanol–water partition coefficient (Wildman–Crippen LogP) is 2.96. The fourth-order valence-electron chi connectivity index (χ4n) is 2.97. The van der Waals surface area contributed by atoms with Gasteiger partial charge in [-0.2, -0.15) is 5.10 Å². The molecular weight excluding hydrogens is 451 g/mol. The van der Waals surface area contributed by atoms with Gasteiger partial charge in [-0.3, -0.25) is 4.68 Å². The molecule has 0 radical (unpaired) electrons. The van der Waals surface area contributed by atoms with Crippen LogP contribution in [0.4, 0.5) is 0 Å². The van der Waals surface area contributed by atoms with Crippen molar-refractivity contribution in [2.75, 3.05) is 27.2 Å². The molecule has 0 amide bonds. The molecule has 7 heteroatoms. The summed E-state index contributed by atoms with van der Waals surface area (Å²) in [6.07, 6.45) is 5.02. The van der Waals surface area contributed by atoms with E-state index in [1.54, 1.807) is 0 Å². The third kappa shape index (κ3) is 7.14. The molecule has 0 aliphatic heterocycles. The normalized spacial score (nSPS) is 12.6. The van der Waals surface area contributed by atoms with Gasteiger partial charge in [-0.1, -0.05) is 31.2 Å². The molecule has 150 valence electrons. The molecule has 0 bridgehead atoms. The first-order valence-electron chi connectivity index (χ1n) is 9.29. The van der Waals surface area contributed by atoms with Crippen LogP contribution in [0, 0.1) is 0 Å². The lowest BCUT2D eigenvalue weighted by atomic mass is 10.1. The van der Waals surface area contributed by atoms with E-state index in [9.17, 15) is 0 Å². The van der Waals surface area contributed by atoms with E-state index >= 15 is 0 Å². The Balaban J connectivity index is 0.00000364. The van der Waals surface area contributed by atoms with Crippen LogP contribution < -0.4 is 10.6 Å². The minimum Gasteiger partial charge on any atom is -0.357 e. The third-order valence-electron chi connectivity index (χ3n) is 4.45. The molecule has 2 N–H and O–H groups in total. The highest BCUT2D eigenvalue weighted by molar-refractivity contribution is 14.0. The Bertz CT molecular complexity index is 710. The Labute approximate surface area is 180 Å². The highest BCUT2D eigenvalue weighted by atomic mass is 127. The molecule has 1 atom stereocenters. The van der Waals surface area contributed by atoms with Crippen molar-refractivity contribution >= 4 is 29.9 Å². The summed E-state index contributed by atoms with van der Waals surface area (Å²) < 4.78 is 1.84. The molecule has 0 saturated carbocycles. The van der Waals surface area contributed by atoms with Crippen molar-refractivity contribution in [1.82, 2.24) is 25.3 Å². The van der Waals surface area contributed by atoms with E-state index in [1.165, 1.54) is 16.7 Å². The summed E-state index contributed by atoms with van der Waals surface area (Å²) >= 11 is 0.